The van der Waals surface area contributed by atoms with E-state index in [4.69, 9.17) is 0 Å². The Bertz CT molecular complexity index is 2980. The van der Waals surface area contributed by atoms with Crippen LogP contribution in [0.3, 0.4) is 0 Å². The molecule has 0 amide bonds. The normalized spacial score (nSPS) is 11.5. The van der Waals surface area contributed by atoms with Gasteiger partial charge in [-0.15, -0.1) is 0 Å². The molecule has 0 spiro atoms. The maximum atomic E-state index is 2.45. The standard InChI is InChI=1S/C54H38N2/c1-5-18-40(19-6-1)52-50-31-17-23-42(53(50)56(45-26-11-4-12-27-45)54(52)41-20-7-2-8-21-41)35-32-39-33-36-46(37-34-39)55(44-24-9-3-10-25-44)51-38-43-22-13-14-28-47(43)48-29-15-16-30-49(48)51/h1-38H. The molecule has 10 rings (SSSR count). The van der Waals surface area contributed by atoms with Gasteiger partial charge in [-0.3, -0.25) is 0 Å². The molecule has 2 nitrogen and oxygen atoms in total. The Morgan fingerprint density at radius 2 is 0.946 bits per heavy atom. The number of fused-ring (bicyclic) bond motifs is 4. The molecule has 10 aromatic rings. The van der Waals surface area contributed by atoms with Gasteiger partial charge in [-0.05, 0) is 80.9 Å². The van der Waals surface area contributed by atoms with Crippen molar-refractivity contribution in [1.82, 2.24) is 4.57 Å². The lowest BCUT2D eigenvalue weighted by Crippen LogP contribution is -2.10. The van der Waals surface area contributed by atoms with Crippen molar-refractivity contribution in [2.75, 3.05) is 4.90 Å². The highest BCUT2D eigenvalue weighted by Gasteiger charge is 2.23. The van der Waals surface area contributed by atoms with Gasteiger partial charge in [0, 0.05) is 33.4 Å². The molecule has 0 N–H and O–H groups in total. The molecule has 56 heavy (non-hydrogen) atoms. The third-order valence-corrected chi connectivity index (χ3v) is 10.8. The molecule has 0 radical (unpaired) electrons. The monoisotopic (exact) mass is 714 g/mol. The van der Waals surface area contributed by atoms with E-state index in [1.165, 1.54) is 54.8 Å². The fourth-order valence-corrected chi connectivity index (χ4v) is 8.24. The van der Waals surface area contributed by atoms with Crippen LogP contribution in [0.1, 0.15) is 11.1 Å². The number of hydrogen-bond donors (Lipinski definition) is 0. The fraction of sp³-hybridized carbons (Fsp3) is 0. The van der Waals surface area contributed by atoms with Crippen molar-refractivity contribution in [3.05, 3.63) is 230 Å². The fourth-order valence-electron chi connectivity index (χ4n) is 8.24. The van der Waals surface area contributed by atoms with Crippen LogP contribution in [0.25, 0.3) is 72.7 Å². The number of aromatic nitrogens is 1. The minimum absolute atomic E-state index is 1.11. The number of anilines is 3. The molecule has 0 saturated carbocycles. The summed E-state index contributed by atoms with van der Waals surface area (Å²) in [6, 6.07) is 78.4. The highest BCUT2D eigenvalue weighted by atomic mass is 15.1. The topological polar surface area (TPSA) is 8.17 Å². The highest BCUT2D eigenvalue weighted by molar-refractivity contribution is 6.14. The number of rotatable bonds is 8. The summed E-state index contributed by atoms with van der Waals surface area (Å²) >= 11 is 0. The van der Waals surface area contributed by atoms with Gasteiger partial charge in [0.1, 0.15) is 0 Å². The third-order valence-electron chi connectivity index (χ3n) is 10.8. The molecular weight excluding hydrogens is 677 g/mol. The summed E-state index contributed by atoms with van der Waals surface area (Å²) in [5.41, 5.74) is 12.8. The van der Waals surface area contributed by atoms with E-state index in [2.05, 4.69) is 240 Å². The van der Waals surface area contributed by atoms with Gasteiger partial charge in [-0.25, -0.2) is 0 Å². The summed E-state index contributed by atoms with van der Waals surface area (Å²) in [4.78, 5) is 2.38. The molecule has 264 valence electrons. The molecule has 0 aliphatic heterocycles. The molecule has 1 heterocycles. The largest absolute Gasteiger partial charge is 0.310 e. The van der Waals surface area contributed by atoms with Crippen LogP contribution in [0.5, 0.6) is 0 Å². The molecule has 0 bridgehead atoms. The smallest absolute Gasteiger partial charge is 0.0619 e. The zero-order valence-electron chi connectivity index (χ0n) is 30.8. The minimum Gasteiger partial charge on any atom is -0.310 e. The van der Waals surface area contributed by atoms with Gasteiger partial charge in [0.25, 0.3) is 0 Å². The maximum absolute atomic E-state index is 2.45. The minimum atomic E-state index is 1.11. The summed E-state index contributed by atoms with van der Waals surface area (Å²) < 4.78 is 2.45. The second-order valence-electron chi connectivity index (χ2n) is 14.1. The van der Waals surface area contributed by atoms with Crippen molar-refractivity contribution in [1.29, 1.82) is 0 Å². The van der Waals surface area contributed by atoms with Gasteiger partial charge in [0.15, 0.2) is 0 Å². The van der Waals surface area contributed by atoms with Crippen molar-refractivity contribution in [3.8, 4) is 28.1 Å². The lowest BCUT2D eigenvalue weighted by molar-refractivity contribution is 1.13. The zero-order valence-corrected chi connectivity index (χ0v) is 30.8. The Morgan fingerprint density at radius 1 is 0.393 bits per heavy atom. The van der Waals surface area contributed by atoms with E-state index in [1.807, 2.05) is 0 Å². The van der Waals surface area contributed by atoms with Crippen LogP contribution in [-0.4, -0.2) is 4.57 Å². The van der Waals surface area contributed by atoms with Crippen molar-refractivity contribution in [2.24, 2.45) is 0 Å². The Kier molecular flexibility index (Phi) is 8.55. The molecule has 1 aromatic heterocycles. The van der Waals surface area contributed by atoms with Crippen LogP contribution in [0, 0.1) is 0 Å². The van der Waals surface area contributed by atoms with E-state index in [1.54, 1.807) is 0 Å². The molecular formula is C54H38N2. The summed E-state index contributed by atoms with van der Waals surface area (Å²) in [5.74, 6) is 0. The van der Waals surface area contributed by atoms with Crippen molar-refractivity contribution < 1.29 is 0 Å². The van der Waals surface area contributed by atoms with Crippen LogP contribution in [0.2, 0.25) is 0 Å². The van der Waals surface area contributed by atoms with Gasteiger partial charge in [-0.1, -0.05) is 188 Å². The van der Waals surface area contributed by atoms with Gasteiger partial charge >= 0.3 is 0 Å². The Hall–Kier alpha value is -7.42. The van der Waals surface area contributed by atoms with Gasteiger partial charge in [-0.2, -0.15) is 0 Å². The van der Waals surface area contributed by atoms with E-state index in [0.717, 1.165) is 33.9 Å². The quantitative estimate of drug-likeness (QED) is 0.112. The maximum Gasteiger partial charge on any atom is 0.0619 e. The predicted octanol–water partition coefficient (Wildman–Crippen LogP) is 14.9. The summed E-state index contributed by atoms with van der Waals surface area (Å²) in [6.07, 6.45) is 4.51. The second kappa shape index (κ2) is 14.4. The van der Waals surface area contributed by atoms with E-state index in [-0.39, 0.29) is 0 Å². The Labute approximate surface area is 327 Å². The Balaban J connectivity index is 1.11. The van der Waals surface area contributed by atoms with E-state index < -0.39 is 0 Å². The molecule has 2 heteroatoms. The molecule has 9 aromatic carbocycles. The summed E-state index contributed by atoms with van der Waals surface area (Å²) in [7, 11) is 0. The van der Waals surface area contributed by atoms with Crippen molar-refractivity contribution >= 4 is 61.7 Å². The summed E-state index contributed by atoms with van der Waals surface area (Å²) in [6.45, 7) is 0. The zero-order chi connectivity index (χ0) is 37.3. The van der Waals surface area contributed by atoms with Gasteiger partial charge in [0.05, 0.1) is 16.9 Å². The van der Waals surface area contributed by atoms with Crippen LogP contribution in [0.15, 0.2) is 218 Å². The Morgan fingerprint density at radius 3 is 1.66 bits per heavy atom. The van der Waals surface area contributed by atoms with Crippen molar-refractivity contribution in [3.63, 3.8) is 0 Å². The molecule has 0 atom stereocenters. The first-order valence-corrected chi connectivity index (χ1v) is 19.2. The number of benzene rings is 9. The average molecular weight is 715 g/mol. The molecule has 0 fully saturated rings. The highest BCUT2D eigenvalue weighted by Crippen LogP contribution is 2.45. The van der Waals surface area contributed by atoms with Crippen LogP contribution in [0.4, 0.5) is 17.1 Å². The first-order chi connectivity index (χ1) is 27.8. The second-order valence-corrected chi connectivity index (χ2v) is 14.1. The lowest BCUT2D eigenvalue weighted by Gasteiger charge is -2.27. The lowest BCUT2D eigenvalue weighted by atomic mass is 9.97. The first-order valence-electron chi connectivity index (χ1n) is 19.2. The number of nitrogens with zero attached hydrogens (tertiary/aromatic N) is 2. The van der Waals surface area contributed by atoms with Crippen LogP contribution >= 0.6 is 0 Å². The van der Waals surface area contributed by atoms with Gasteiger partial charge in [0.2, 0.25) is 0 Å². The SMILES string of the molecule is C(=Cc1cccc2c(-c3ccccc3)c(-c3ccccc3)n(-c3ccccc3)c12)c1ccc(N(c2ccccc2)c2cc3ccccc3c3ccccc23)cc1. The van der Waals surface area contributed by atoms with E-state index in [0.29, 0.717) is 0 Å². The molecule has 0 aliphatic rings. The van der Waals surface area contributed by atoms with E-state index in [9.17, 15) is 0 Å². The summed E-state index contributed by atoms with van der Waals surface area (Å²) in [5, 5.41) is 6.18. The van der Waals surface area contributed by atoms with Crippen LogP contribution < -0.4 is 4.90 Å². The third kappa shape index (κ3) is 5.95. The number of para-hydroxylation sites is 3. The molecule has 0 unspecified atom stereocenters. The van der Waals surface area contributed by atoms with Gasteiger partial charge < -0.3 is 9.47 Å². The average Bonchev–Trinajstić information content (AvgIpc) is 3.63. The van der Waals surface area contributed by atoms with Crippen molar-refractivity contribution in [2.45, 2.75) is 0 Å². The molecule has 0 saturated heterocycles. The number of hydrogen-bond acceptors (Lipinski definition) is 1. The predicted molar refractivity (Wildman–Crippen MR) is 239 cm³/mol. The van der Waals surface area contributed by atoms with Crippen LogP contribution in [-0.2, 0) is 0 Å². The van der Waals surface area contributed by atoms with E-state index >= 15 is 0 Å². The molecule has 0 aliphatic carbocycles. The first kappa shape index (κ1) is 33.2.